The predicted molar refractivity (Wildman–Crippen MR) is 149 cm³/mol. The summed E-state index contributed by atoms with van der Waals surface area (Å²) >= 11 is 0. The monoisotopic (exact) mass is 564 g/mol. The molecular weight excluding hydrogens is 520 g/mol. The highest BCUT2D eigenvalue weighted by molar-refractivity contribution is 5.95. The fourth-order valence-corrected chi connectivity index (χ4v) is 3.80. The lowest BCUT2D eigenvalue weighted by Gasteiger charge is -2.28. The van der Waals surface area contributed by atoms with Gasteiger partial charge in [-0.05, 0) is 44.2 Å². The molecule has 1 rings (SSSR count). The van der Waals surface area contributed by atoms with Gasteiger partial charge in [0.1, 0.15) is 24.2 Å². The van der Waals surface area contributed by atoms with E-state index in [1.807, 2.05) is 6.92 Å². The number of benzene rings is 1. The number of carbonyl (C=O) groups is 5. The Hall–Kier alpha value is -3.55. The number of unbranched alkanes of at least 4 members (excludes halogenated alkanes) is 1. The molecule has 1 aromatic rings. The summed E-state index contributed by atoms with van der Waals surface area (Å²) in [6.45, 7) is 4.62. The van der Waals surface area contributed by atoms with Crippen molar-refractivity contribution in [3.8, 4) is 0 Å². The number of carbonyl (C=O) groups excluding carboxylic acids is 4. The molecule has 0 heterocycles. The van der Waals surface area contributed by atoms with E-state index in [1.54, 1.807) is 37.3 Å². The number of aliphatic carboxylic acids is 1. The van der Waals surface area contributed by atoms with Gasteiger partial charge in [0.2, 0.25) is 23.6 Å². The number of carboxylic acid groups (broad SMARTS) is 1. The van der Waals surface area contributed by atoms with Gasteiger partial charge in [0.15, 0.2) is 0 Å². The summed E-state index contributed by atoms with van der Waals surface area (Å²) in [6, 6.07) is 3.17. The van der Waals surface area contributed by atoms with Crippen molar-refractivity contribution in [3.05, 3.63) is 35.9 Å². The van der Waals surface area contributed by atoms with Crippen LogP contribution >= 0.6 is 0 Å². The summed E-state index contributed by atoms with van der Waals surface area (Å²) in [4.78, 5) is 63.3. The lowest BCUT2D eigenvalue weighted by atomic mass is 9.96. The van der Waals surface area contributed by atoms with Crippen LogP contribution in [0.1, 0.15) is 52.0 Å². The number of rotatable bonds is 18. The first-order valence-corrected chi connectivity index (χ1v) is 13.5. The Labute approximate surface area is 234 Å². The maximum absolute atomic E-state index is 13.5. The quantitative estimate of drug-likeness (QED) is 0.0997. The first-order valence-electron chi connectivity index (χ1n) is 13.5. The average molecular weight is 565 g/mol. The van der Waals surface area contributed by atoms with Crippen molar-refractivity contribution in [2.45, 2.75) is 83.1 Å². The van der Waals surface area contributed by atoms with Crippen LogP contribution in [0.4, 0.5) is 0 Å². The highest BCUT2D eigenvalue weighted by Gasteiger charge is 2.33. The fourth-order valence-electron chi connectivity index (χ4n) is 3.80. The molecule has 0 bridgehead atoms. The summed E-state index contributed by atoms with van der Waals surface area (Å²) in [5, 5.41) is 29.3. The molecule has 0 saturated carbocycles. The van der Waals surface area contributed by atoms with Crippen molar-refractivity contribution in [2.75, 3.05) is 13.2 Å². The highest BCUT2D eigenvalue weighted by Crippen LogP contribution is 2.11. The van der Waals surface area contributed by atoms with E-state index >= 15 is 0 Å². The van der Waals surface area contributed by atoms with Crippen molar-refractivity contribution < 1.29 is 34.2 Å². The minimum absolute atomic E-state index is 0.0679. The van der Waals surface area contributed by atoms with Crippen LogP contribution in [-0.4, -0.2) is 83.2 Å². The van der Waals surface area contributed by atoms with E-state index < -0.39 is 72.3 Å². The number of aliphatic hydroxyl groups is 1. The Morgan fingerprint density at radius 1 is 0.825 bits per heavy atom. The van der Waals surface area contributed by atoms with Gasteiger partial charge in [0.05, 0.1) is 12.6 Å². The smallest absolute Gasteiger partial charge is 0.326 e. The largest absolute Gasteiger partial charge is 0.480 e. The number of hydrogen-bond acceptors (Lipinski definition) is 8. The van der Waals surface area contributed by atoms with E-state index in [2.05, 4.69) is 21.3 Å². The zero-order valence-electron chi connectivity index (χ0n) is 23.4. The van der Waals surface area contributed by atoms with Gasteiger partial charge < -0.3 is 42.9 Å². The van der Waals surface area contributed by atoms with Crippen LogP contribution < -0.4 is 32.7 Å². The van der Waals surface area contributed by atoms with Crippen LogP contribution in [0.2, 0.25) is 0 Å². The second-order valence-corrected chi connectivity index (χ2v) is 9.84. The molecule has 0 aromatic heterocycles. The Morgan fingerprint density at radius 2 is 1.40 bits per heavy atom. The van der Waals surface area contributed by atoms with Gasteiger partial charge in [-0.2, -0.15) is 0 Å². The van der Waals surface area contributed by atoms with Gasteiger partial charge in [-0.25, -0.2) is 4.79 Å². The lowest BCUT2D eigenvalue weighted by molar-refractivity contribution is -0.142. The summed E-state index contributed by atoms with van der Waals surface area (Å²) < 4.78 is 0. The van der Waals surface area contributed by atoms with E-state index in [1.165, 1.54) is 6.92 Å². The second-order valence-electron chi connectivity index (χ2n) is 9.84. The minimum Gasteiger partial charge on any atom is -0.480 e. The standard InChI is InChI=1S/C27H44N6O7/c1-4-16(2)22(33-25(37)21(15-34)32-23(35)17(3)29)26(38)31-20(14-18-10-6-5-7-11-18)24(36)30-19(27(39)40)12-8-9-13-28/h5-7,10-11,16-17,19-22,34H,4,8-9,12-15,28-29H2,1-3H3,(H,30,36)(H,31,38)(H,32,35)(H,33,37)(H,39,40)/t16-,17-,19-,20-,21-,22-/m0/s1. The van der Waals surface area contributed by atoms with E-state index in [-0.39, 0.29) is 12.8 Å². The Balaban J connectivity index is 3.16. The van der Waals surface area contributed by atoms with Crippen molar-refractivity contribution in [1.29, 1.82) is 0 Å². The molecule has 0 spiro atoms. The molecule has 224 valence electrons. The van der Waals surface area contributed by atoms with Gasteiger partial charge in [-0.1, -0.05) is 50.6 Å². The zero-order chi connectivity index (χ0) is 30.2. The first-order chi connectivity index (χ1) is 18.9. The van der Waals surface area contributed by atoms with Crippen LogP contribution in [0.5, 0.6) is 0 Å². The lowest BCUT2D eigenvalue weighted by Crippen LogP contribution is -2.60. The van der Waals surface area contributed by atoms with Gasteiger partial charge in [0.25, 0.3) is 0 Å². The van der Waals surface area contributed by atoms with Crippen molar-refractivity contribution in [3.63, 3.8) is 0 Å². The van der Waals surface area contributed by atoms with Crippen molar-refractivity contribution in [1.82, 2.24) is 21.3 Å². The van der Waals surface area contributed by atoms with Crippen molar-refractivity contribution in [2.24, 2.45) is 17.4 Å². The third-order valence-corrected chi connectivity index (χ3v) is 6.50. The molecule has 4 amide bonds. The zero-order valence-corrected chi connectivity index (χ0v) is 23.4. The molecule has 0 saturated heterocycles. The number of carboxylic acids is 1. The second kappa shape index (κ2) is 17.9. The van der Waals surface area contributed by atoms with E-state index in [4.69, 9.17) is 11.5 Å². The van der Waals surface area contributed by atoms with E-state index in [9.17, 15) is 34.2 Å². The number of nitrogens with two attached hydrogens (primary N) is 2. The molecule has 0 aliphatic carbocycles. The molecule has 0 aliphatic rings. The molecule has 0 unspecified atom stereocenters. The molecule has 10 N–H and O–H groups in total. The van der Waals surface area contributed by atoms with Gasteiger partial charge in [-0.15, -0.1) is 0 Å². The molecule has 13 nitrogen and oxygen atoms in total. The fraction of sp³-hybridized carbons (Fsp3) is 0.593. The topological polar surface area (TPSA) is 226 Å². The number of aliphatic hydroxyl groups excluding tert-OH is 1. The van der Waals surface area contributed by atoms with Crippen LogP contribution in [-0.2, 0) is 30.4 Å². The molecular formula is C27H44N6O7. The molecule has 13 heteroatoms. The number of amides is 4. The molecule has 40 heavy (non-hydrogen) atoms. The van der Waals surface area contributed by atoms with Crippen LogP contribution in [0.15, 0.2) is 30.3 Å². The van der Waals surface area contributed by atoms with Crippen molar-refractivity contribution >= 4 is 29.6 Å². The predicted octanol–water partition coefficient (Wildman–Crippen LogP) is -1.23. The van der Waals surface area contributed by atoms with Crippen LogP contribution in [0, 0.1) is 5.92 Å². The SMILES string of the molecule is CC[C@H](C)[C@H](NC(=O)[C@H](CO)NC(=O)[C@H](C)N)C(=O)N[C@@H](Cc1ccccc1)C(=O)N[C@@H](CCCCN)C(=O)O. The number of nitrogens with one attached hydrogen (secondary N) is 4. The normalized spacial score (nSPS) is 15.4. The molecule has 0 aliphatic heterocycles. The Bertz CT molecular complexity index is 975. The van der Waals surface area contributed by atoms with Crippen LogP contribution in [0.25, 0.3) is 0 Å². The molecule has 0 radical (unpaired) electrons. The maximum atomic E-state index is 13.5. The summed E-state index contributed by atoms with van der Waals surface area (Å²) in [7, 11) is 0. The van der Waals surface area contributed by atoms with Gasteiger partial charge in [-0.3, -0.25) is 19.2 Å². The molecule has 1 aromatic carbocycles. The third-order valence-electron chi connectivity index (χ3n) is 6.50. The summed E-state index contributed by atoms with van der Waals surface area (Å²) in [5.41, 5.74) is 11.7. The Kier molecular flexibility index (Phi) is 15.4. The van der Waals surface area contributed by atoms with E-state index in [0.29, 0.717) is 25.8 Å². The molecule has 6 atom stereocenters. The van der Waals surface area contributed by atoms with Gasteiger partial charge >= 0.3 is 5.97 Å². The summed E-state index contributed by atoms with van der Waals surface area (Å²) in [6.07, 6.45) is 1.81. The highest BCUT2D eigenvalue weighted by atomic mass is 16.4. The molecule has 0 fully saturated rings. The average Bonchev–Trinajstić information content (AvgIpc) is 2.93. The minimum atomic E-state index is -1.34. The Morgan fingerprint density at radius 3 is 1.93 bits per heavy atom. The third kappa shape index (κ3) is 11.7. The maximum Gasteiger partial charge on any atom is 0.326 e. The summed E-state index contributed by atoms with van der Waals surface area (Å²) in [5.74, 6) is -4.42. The van der Waals surface area contributed by atoms with E-state index in [0.717, 1.165) is 5.56 Å². The van der Waals surface area contributed by atoms with Crippen LogP contribution in [0.3, 0.4) is 0 Å². The first kappa shape index (κ1) is 34.5. The van der Waals surface area contributed by atoms with Gasteiger partial charge in [0, 0.05) is 6.42 Å². The number of hydrogen-bond donors (Lipinski definition) is 8.